The van der Waals surface area contributed by atoms with Crippen molar-refractivity contribution >= 4 is 5.91 Å². The van der Waals surface area contributed by atoms with E-state index in [1.807, 2.05) is 34.0 Å². The Kier molecular flexibility index (Phi) is 5.14. The highest BCUT2D eigenvalue weighted by Crippen LogP contribution is 2.27. The van der Waals surface area contributed by atoms with E-state index in [0.717, 1.165) is 36.7 Å². The quantitative estimate of drug-likeness (QED) is 0.699. The number of nitrogens with zero attached hydrogens (tertiary/aromatic N) is 6. The molecule has 7 nitrogen and oxygen atoms in total. The lowest BCUT2D eigenvalue weighted by Crippen LogP contribution is -2.39. The average Bonchev–Trinajstić information content (AvgIpc) is 3.24. The Morgan fingerprint density at radius 1 is 1.18 bits per heavy atom. The van der Waals surface area contributed by atoms with Crippen LogP contribution in [0.4, 0.5) is 0 Å². The van der Waals surface area contributed by atoms with Gasteiger partial charge in [-0.15, -0.1) is 0 Å². The summed E-state index contributed by atoms with van der Waals surface area (Å²) in [6.45, 7) is 5.64. The fraction of sp³-hybridized carbons (Fsp3) is 0.381. The molecule has 1 amide bonds. The van der Waals surface area contributed by atoms with Gasteiger partial charge in [0.2, 0.25) is 0 Å². The zero-order chi connectivity index (χ0) is 19.5. The summed E-state index contributed by atoms with van der Waals surface area (Å²) in [6, 6.07) is 6.09. The molecule has 3 aromatic rings. The van der Waals surface area contributed by atoms with Gasteiger partial charge in [-0.3, -0.25) is 14.3 Å². The zero-order valence-electron chi connectivity index (χ0n) is 16.2. The molecule has 0 saturated carbocycles. The second kappa shape index (κ2) is 7.88. The molecule has 0 spiro atoms. The first-order valence-corrected chi connectivity index (χ1v) is 9.69. The lowest BCUT2D eigenvalue weighted by molar-refractivity contribution is 0.0699. The number of carbonyl (C=O) groups excluding carboxylic acids is 1. The van der Waals surface area contributed by atoms with Crippen molar-refractivity contribution in [3.05, 3.63) is 66.4 Å². The normalized spacial score (nSPS) is 17.1. The molecule has 0 aromatic carbocycles. The van der Waals surface area contributed by atoms with Crippen LogP contribution in [0.25, 0.3) is 5.82 Å². The van der Waals surface area contributed by atoms with Gasteiger partial charge < -0.3 is 4.90 Å². The Morgan fingerprint density at radius 3 is 2.86 bits per heavy atom. The van der Waals surface area contributed by atoms with Gasteiger partial charge in [-0.05, 0) is 25.0 Å². The van der Waals surface area contributed by atoms with E-state index in [1.54, 1.807) is 12.4 Å². The fourth-order valence-corrected chi connectivity index (χ4v) is 3.71. The first kappa shape index (κ1) is 18.3. The summed E-state index contributed by atoms with van der Waals surface area (Å²) in [7, 11) is 0. The predicted octanol–water partition coefficient (Wildman–Crippen LogP) is 3.20. The third-order valence-corrected chi connectivity index (χ3v) is 5.10. The number of hydrogen-bond donors (Lipinski definition) is 0. The van der Waals surface area contributed by atoms with E-state index in [4.69, 9.17) is 4.98 Å². The van der Waals surface area contributed by atoms with Crippen LogP contribution in [0.1, 0.15) is 60.5 Å². The van der Waals surface area contributed by atoms with Crippen molar-refractivity contribution in [3.63, 3.8) is 0 Å². The summed E-state index contributed by atoms with van der Waals surface area (Å²) in [5, 5.41) is 0. The first-order chi connectivity index (χ1) is 13.6. The molecule has 0 radical (unpaired) electrons. The number of amides is 1. The maximum absolute atomic E-state index is 12.7. The van der Waals surface area contributed by atoms with Crippen molar-refractivity contribution < 1.29 is 4.79 Å². The summed E-state index contributed by atoms with van der Waals surface area (Å²) < 4.78 is 2.04. The van der Waals surface area contributed by atoms with Crippen molar-refractivity contribution in [2.24, 2.45) is 0 Å². The van der Waals surface area contributed by atoms with Gasteiger partial charge >= 0.3 is 0 Å². The maximum atomic E-state index is 12.7. The minimum Gasteiger partial charge on any atom is -0.337 e. The number of imidazole rings is 1. The van der Waals surface area contributed by atoms with Gasteiger partial charge in [-0.2, -0.15) is 0 Å². The Labute approximate surface area is 164 Å². The molecule has 1 atom stereocenters. The first-order valence-electron chi connectivity index (χ1n) is 9.69. The number of carbonyl (C=O) groups is 1. The lowest BCUT2D eigenvalue weighted by Gasteiger charge is -2.32. The van der Waals surface area contributed by atoms with Crippen molar-refractivity contribution in [1.82, 2.24) is 29.4 Å². The number of pyridine rings is 1. The Balaban J connectivity index is 1.56. The largest absolute Gasteiger partial charge is 0.337 e. The second-order valence-electron chi connectivity index (χ2n) is 7.41. The van der Waals surface area contributed by atoms with Crippen LogP contribution >= 0.6 is 0 Å². The topological polar surface area (TPSA) is 76.8 Å². The van der Waals surface area contributed by atoms with Crippen LogP contribution in [-0.4, -0.2) is 48.4 Å². The highest BCUT2D eigenvalue weighted by molar-refractivity contribution is 5.92. The van der Waals surface area contributed by atoms with Gasteiger partial charge in [-0.1, -0.05) is 19.9 Å². The molecular weight excluding hydrogens is 352 g/mol. The SMILES string of the molecule is CC(C)c1nccn1-c1cccc([C@@H]2CCCN(C(=O)c3cnccn3)C2)n1. The van der Waals surface area contributed by atoms with Gasteiger partial charge in [-0.25, -0.2) is 15.0 Å². The standard InChI is InChI=1S/C21H24N6O/c1-15(2)20-24-10-12-27(20)19-7-3-6-17(25-19)16-5-4-11-26(14-16)21(28)18-13-22-8-9-23-18/h3,6-10,12-13,15-16H,4-5,11,14H2,1-2H3/t16-/m1/s1. The molecule has 1 saturated heterocycles. The van der Waals surface area contributed by atoms with E-state index < -0.39 is 0 Å². The number of likely N-dealkylation sites (tertiary alicyclic amines) is 1. The van der Waals surface area contributed by atoms with Crippen LogP contribution < -0.4 is 0 Å². The summed E-state index contributed by atoms with van der Waals surface area (Å²) >= 11 is 0. The van der Waals surface area contributed by atoms with Crippen molar-refractivity contribution in [3.8, 4) is 5.82 Å². The fourth-order valence-electron chi connectivity index (χ4n) is 3.71. The van der Waals surface area contributed by atoms with Gasteiger partial charge in [0.05, 0.1) is 6.20 Å². The lowest BCUT2D eigenvalue weighted by atomic mass is 9.94. The Bertz CT molecular complexity index is 952. The minimum atomic E-state index is -0.0642. The molecule has 0 aliphatic carbocycles. The third kappa shape index (κ3) is 3.65. The molecule has 1 aliphatic rings. The Hall–Kier alpha value is -3.09. The van der Waals surface area contributed by atoms with Crippen molar-refractivity contribution in [2.45, 2.75) is 38.5 Å². The van der Waals surface area contributed by atoms with E-state index in [0.29, 0.717) is 18.2 Å². The van der Waals surface area contributed by atoms with E-state index >= 15 is 0 Å². The van der Waals surface area contributed by atoms with Crippen molar-refractivity contribution in [2.75, 3.05) is 13.1 Å². The van der Waals surface area contributed by atoms with Crippen molar-refractivity contribution in [1.29, 1.82) is 0 Å². The number of piperidine rings is 1. The molecule has 7 heteroatoms. The smallest absolute Gasteiger partial charge is 0.274 e. The van der Waals surface area contributed by atoms with Crippen LogP contribution in [0.15, 0.2) is 49.2 Å². The van der Waals surface area contributed by atoms with Gasteiger partial charge in [0.1, 0.15) is 17.3 Å². The Morgan fingerprint density at radius 2 is 2.07 bits per heavy atom. The van der Waals surface area contributed by atoms with Crippen LogP contribution in [0.5, 0.6) is 0 Å². The van der Waals surface area contributed by atoms with Crippen LogP contribution in [-0.2, 0) is 0 Å². The highest BCUT2D eigenvalue weighted by atomic mass is 16.2. The summed E-state index contributed by atoms with van der Waals surface area (Å²) in [6.07, 6.45) is 10.4. The van der Waals surface area contributed by atoms with E-state index in [2.05, 4.69) is 34.9 Å². The molecule has 4 heterocycles. The maximum Gasteiger partial charge on any atom is 0.274 e. The number of hydrogen-bond acceptors (Lipinski definition) is 5. The zero-order valence-corrected chi connectivity index (χ0v) is 16.2. The second-order valence-corrected chi connectivity index (χ2v) is 7.41. The highest BCUT2D eigenvalue weighted by Gasteiger charge is 2.27. The molecule has 1 aliphatic heterocycles. The molecule has 3 aromatic heterocycles. The molecule has 28 heavy (non-hydrogen) atoms. The van der Waals surface area contributed by atoms with Crippen LogP contribution in [0, 0.1) is 0 Å². The molecular formula is C21H24N6O. The number of aromatic nitrogens is 5. The minimum absolute atomic E-state index is 0.0642. The summed E-state index contributed by atoms with van der Waals surface area (Å²) in [5.74, 6) is 2.32. The summed E-state index contributed by atoms with van der Waals surface area (Å²) in [5.41, 5.74) is 1.41. The molecule has 0 bridgehead atoms. The molecule has 0 unspecified atom stereocenters. The van der Waals surface area contributed by atoms with E-state index in [9.17, 15) is 4.79 Å². The predicted molar refractivity (Wildman–Crippen MR) is 105 cm³/mol. The van der Waals surface area contributed by atoms with Gasteiger partial charge in [0, 0.05) is 55.4 Å². The molecule has 144 valence electrons. The van der Waals surface area contributed by atoms with Gasteiger partial charge in [0.15, 0.2) is 0 Å². The summed E-state index contributed by atoms with van der Waals surface area (Å²) in [4.78, 5) is 32.1. The molecule has 4 rings (SSSR count). The van der Waals surface area contributed by atoms with Crippen LogP contribution in [0.3, 0.4) is 0 Å². The number of rotatable bonds is 4. The van der Waals surface area contributed by atoms with E-state index in [-0.39, 0.29) is 11.8 Å². The average molecular weight is 376 g/mol. The monoisotopic (exact) mass is 376 g/mol. The van der Waals surface area contributed by atoms with Crippen LogP contribution in [0.2, 0.25) is 0 Å². The molecule has 1 fully saturated rings. The van der Waals surface area contributed by atoms with Gasteiger partial charge in [0.25, 0.3) is 5.91 Å². The third-order valence-electron chi connectivity index (χ3n) is 5.10. The van der Waals surface area contributed by atoms with E-state index in [1.165, 1.54) is 6.20 Å². The molecule has 0 N–H and O–H groups in total.